The number of aryl methyl sites for hydroxylation is 1. The Morgan fingerprint density at radius 2 is 1.38 bits per heavy atom. The zero-order valence-electron chi connectivity index (χ0n) is 11.0. The molecule has 2 aromatic carbocycles. The average Bonchev–Trinajstić information content (AvgIpc) is 2.47. The molecule has 21 heavy (non-hydrogen) atoms. The molecule has 0 saturated heterocycles. The minimum Gasteiger partial charge on any atom is -0.210 e. The Morgan fingerprint density at radius 3 is 1.90 bits per heavy atom. The van der Waals surface area contributed by atoms with E-state index in [0.717, 1.165) is 5.56 Å². The SMILES string of the molecule is Cc1ccc(S(=O)(=O)S(=O)(=O)[C](Cl)c2ccccc2)cc1. The zero-order valence-corrected chi connectivity index (χ0v) is 13.4. The van der Waals surface area contributed by atoms with Crippen molar-refractivity contribution in [3.8, 4) is 0 Å². The molecule has 0 N–H and O–H groups in total. The van der Waals surface area contributed by atoms with Crippen molar-refractivity contribution in [3.05, 3.63) is 70.4 Å². The third-order valence-electron chi connectivity index (χ3n) is 2.82. The van der Waals surface area contributed by atoms with Crippen LogP contribution in [0, 0.1) is 11.6 Å². The molecule has 111 valence electrons. The summed E-state index contributed by atoms with van der Waals surface area (Å²) in [6, 6.07) is 13.2. The van der Waals surface area contributed by atoms with Gasteiger partial charge in [-0.2, -0.15) is 0 Å². The Bertz CT molecular complexity index is 826. The van der Waals surface area contributed by atoms with E-state index < -0.39 is 22.4 Å². The van der Waals surface area contributed by atoms with Crippen LogP contribution < -0.4 is 0 Å². The van der Waals surface area contributed by atoms with Gasteiger partial charge in [-0.05, 0) is 24.6 Å². The van der Waals surface area contributed by atoms with Crippen molar-refractivity contribution in [2.75, 3.05) is 0 Å². The molecule has 4 nitrogen and oxygen atoms in total. The summed E-state index contributed by atoms with van der Waals surface area (Å²) in [5.41, 5.74) is 0.958. The first-order valence-corrected chi connectivity index (χ1v) is 9.77. The van der Waals surface area contributed by atoms with Crippen LogP contribution in [0.1, 0.15) is 11.1 Å². The zero-order chi connectivity index (χ0) is 15.7. The first-order valence-electron chi connectivity index (χ1n) is 5.91. The predicted octanol–water partition coefficient (Wildman–Crippen LogP) is 2.88. The maximum absolute atomic E-state index is 12.3. The van der Waals surface area contributed by atoms with Crippen LogP contribution in [0.25, 0.3) is 0 Å². The fraction of sp³-hybridized carbons (Fsp3) is 0.0714. The summed E-state index contributed by atoms with van der Waals surface area (Å²) in [7, 11) is -9.30. The first-order chi connectivity index (χ1) is 9.76. The van der Waals surface area contributed by atoms with Crippen molar-refractivity contribution in [2.45, 2.75) is 11.8 Å². The van der Waals surface area contributed by atoms with Crippen LogP contribution in [-0.4, -0.2) is 16.8 Å². The molecule has 0 fully saturated rings. The van der Waals surface area contributed by atoms with Gasteiger partial charge in [-0.1, -0.05) is 59.6 Å². The van der Waals surface area contributed by atoms with E-state index in [1.165, 1.54) is 36.4 Å². The van der Waals surface area contributed by atoms with Crippen LogP contribution in [-0.2, 0) is 17.7 Å². The molecular weight excluding hydrogens is 332 g/mol. The largest absolute Gasteiger partial charge is 0.285 e. The molecule has 0 bridgehead atoms. The fourth-order valence-electron chi connectivity index (χ4n) is 1.64. The summed E-state index contributed by atoms with van der Waals surface area (Å²) in [6.07, 6.45) is 0. The lowest BCUT2D eigenvalue weighted by Crippen LogP contribution is -2.20. The van der Waals surface area contributed by atoms with Gasteiger partial charge in [-0.25, -0.2) is 16.8 Å². The van der Waals surface area contributed by atoms with Gasteiger partial charge in [0.05, 0.1) is 4.90 Å². The van der Waals surface area contributed by atoms with Crippen molar-refractivity contribution >= 4 is 29.3 Å². The minimum atomic E-state index is -4.70. The molecule has 0 saturated carbocycles. The van der Waals surface area contributed by atoms with Gasteiger partial charge in [0, 0.05) is 0 Å². The van der Waals surface area contributed by atoms with E-state index in [1.807, 2.05) is 0 Å². The van der Waals surface area contributed by atoms with Crippen LogP contribution in [0.3, 0.4) is 0 Å². The smallest absolute Gasteiger partial charge is 0.210 e. The second-order valence-corrected chi connectivity index (χ2v) is 10.3. The molecule has 7 heteroatoms. The number of halogens is 1. The predicted molar refractivity (Wildman–Crippen MR) is 81.9 cm³/mol. The van der Waals surface area contributed by atoms with E-state index in [4.69, 9.17) is 11.6 Å². The lowest BCUT2D eigenvalue weighted by atomic mass is 10.2. The Balaban J connectivity index is 2.50. The number of hydrogen-bond donors (Lipinski definition) is 0. The van der Waals surface area contributed by atoms with Gasteiger partial charge in [-0.15, -0.1) is 0 Å². The summed E-state index contributed by atoms with van der Waals surface area (Å²) < 4.78 is 48.4. The molecule has 0 aliphatic heterocycles. The summed E-state index contributed by atoms with van der Waals surface area (Å²) in [6.45, 7) is 1.77. The van der Waals surface area contributed by atoms with E-state index >= 15 is 0 Å². The molecule has 0 unspecified atom stereocenters. The highest BCUT2D eigenvalue weighted by Crippen LogP contribution is 2.33. The van der Waals surface area contributed by atoms with Crippen molar-refractivity contribution in [1.29, 1.82) is 0 Å². The van der Waals surface area contributed by atoms with Crippen LogP contribution in [0.2, 0.25) is 0 Å². The van der Waals surface area contributed by atoms with Gasteiger partial charge < -0.3 is 0 Å². The quantitative estimate of drug-likeness (QED) is 0.800. The van der Waals surface area contributed by atoms with Crippen LogP contribution in [0.4, 0.5) is 0 Å². The molecule has 0 amide bonds. The van der Waals surface area contributed by atoms with Crippen molar-refractivity contribution in [1.82, 2.24) is 0 Å². The topological polar surface area (TPSA) is 68.3 Å². The maximum Gasteiger partial charge on any atom is 0.285 e. The van der Waals surface area contributed by atoms with Gasteiger partial charge in [0.25, 0.3) is 17.7 Å². The molecule has 0 heterocycles. The van der Waals surface area contributed by atoms with Gasteiger partial charge >= 0.3 is 0 Å². The first kappa shape index (κ1) is 16.0. The third kappa shape index (κ3) is 2.97. The lowest BCUT2D eigenvalue weighted by molar-refractivity contribution is 0.585. The highest BCUT2D eigenvalue weighted by molar-refractivity contribution is 8.68. The average molecular weight is 344 g/mol. The summed E-state index contributed by atoms with van der Waals surface area (Å²) in [5.74, 6) is 0. The van der Waals surface area contributed by atoms with Gasteiger partial charge in [0.1, 0.15) is 0 Å². The number of benzene rings is 2. The summed E-state index contributed by atoms with van der Waals surface area (Å²) in [5, 5.41) is 0. The van der Waals surface area contributed by atoms with Crippen molar-refractivity contribution in [2.24, 2.45) is 0 Å². The van der Waals surface area contributed by atoms with Gasteiger partial charge in [0.15, 0.2) is 0 Å². The lowest BCUT2D eigenvalue weighted by Gasteiger charge is -2.11. The van der Waals surface area contributed by atoms with Crippen LogP contribution >= 0.6 is 11.6 Å². The van der Waals surface area contributed by atoms with E-state index in [2.05, 4.69) is 0 Å². The second kappa shape index (κ2) is 5.79. The Morgan fingerprint density at radius 1 is 0.857 bits per heavy atom. The van der Waals surface area contributed by atoms with E-state index in [0.29, 0.717) is 0 Å². The highest BCUT2D eigenvalue weighted by atomic mass is 35.5. The minimum absolute atomic E-state index is 0.134. The Kier molecular flexibility index (Phi) is 4.41. The van der Waals surface area contributed by atoms with Crippen LogP contribution in [0.15, 0.2) is 59.5 Å². The normalized spacial score (nSPS) is 12.5. The molecule has 0 aliphatic rings. The highest BCUT2D eigenvalue weighted by Gasteiger charge is 2.40. The summed E-state index contributed by atoms with van der Waals surface area (Å²) >= 11 is 5.81. The van der Waals surface area contributed by atoms with Crippen molar-refractivity contribution in [3.63, 3.8) is 0 Å². The molecule has 2 rings (SSSR count). The standard InChI is InChI=1S/C14H12ClO4S2/c1-11-7-9-13(10-8-11)20(16,17)21(18,19)14(15)12-5-3-2-4-6-12/h2-10H,1H3. The van der Waals surface area contributed by atoms with E-state index in [1.54, 1.807) is 25.1 Å². The van der Waals surface area contributed by atoms with E-state index in [9.17, 15) is 16.8 Å². The number of hydrogen-bond acceptors (Lipinski definition) is 4. The molecule has 0 atom stereocenters. The summed E-state index contributed by atoms with van der Waals surface area (Å²) in [4.78, 5) is -0.304. The molecule has 0 spiro atoms. The van der Waals surface area contributed by atoms with E-state index in [-0.39, 0.29) is 10.5 Å². The Hall–Kier alpha value is -1.37. The molecule has 2 aromatic rings. The molecule has 0 aromatic heterocycles. The molecule has 1 radical (unpaired) electrons. The second-order valence-electron chi connectivity index (χ2n) is 4.36. The number of rotatable bonds is 4. The van der Waals surface area contributed by atoms with Gasteiger partial charge in [0.2, 0.25) is 4.71 Å². The molecule has 0 aliphatic carbocycles. The van der Waals surface area contributed by atoms with Crippen molar-refractivity contribution < 1.29 is 16.8 Å². The Labute approximate surface area is 128 Å². The van der Waals surface area contributed by atoms with Crippen LogP contribution in [0.5, 0.6) is 0 Å². The monoisotopic (exact) mass is 343 g/mol. The fourth-order valence-corrected chi connectivity index (χ4v) is 5.81. The maximum atomic E-state index is 12.3. The third-order valence-corrected chi connectivity index (χ3v) is 8.83. The molecular formula is C14H12ClO4S2. The van der Waals surface area contributed by atoms with Gasteiger partial charge in [-0.3, -0.25) is 0 Å².